The minimum Gasteiger partial charge on any atom is -0.469 e. The third-order valence-corrected chi connectivity index (χ3v) is 6.89. The molecule has 0 saturated heterocycles. The van der Waals surface area contributed by atoms with E-state index >= 15 is 0 Å². The number of nitrogens with zero attached hydrogens (tertiary/aromatic N) is 4. The zero-order valence-electron chi connectivity index (χ0n) is 24.3. The van der Waals surface area contributed by atoms with Crippen molar-refractivity contribution in [2.45, 2.75) is 65.3 Å². The van der Waals surface area contributed by atoms with E-state index < -0.39 is 11.6 Å². The average molecular weight is 579 g/mol. The molecule has 0 bridgehead atoms. The Balaban J connectivity index is 1.35. The number of carbonyl (C=O) groups excluding carboxylic acids is 2. The van der Waals surface area contributed by atoms with Crippen LogP contribution in [0.2, 0.25) is 0 Å². The van der Waals surface area contributed by atoms with Gasteiger partial charge in [-0.1, -0.05) is 25.0 Å². The van der Waals surface area contributed by atoms with Gasteiger partial charge in [-0.05, 0) is 63.4 Å². The summed E-state index contributed by atoms with van der Waals surface area (Å²) in [5.41, 5.74) is 2.54. The summed E-state index contributed by atoms with van der Waals surface area (Å²) in [7, 11) is 1.38. The molecule has 0 atom stereocenters. The van der Waals surface area contributed by atoms with Crippen LogP contribution in [0.15, 0.2) is 42.6 Å². The number of carbonyl (C=O) groups is 2. The molecule has 42 heavy (non-hydrogen) atoms. The highest BCUT2D eigenvalue weighted by molar-refractivity contribution is 5.83. The standard InChI is InChI=1S/C31H36F2N6O3/c1-19(2)39-20(3)36-30-24(32)16-22(17-26(30)39)29-25(33)18-35-31(38-29)37-23-12-10-21(11-13-23)15-27(40)34-14-8-6-5-7-9-28(41)42-4/h10-13,16-19H,5-9,14-15H2,1-4H3,(H,34,40)(H,35,37,38). The van der Waals surface area contributed by atoms with Gasteiger partial charge in [0, 0.05) is 30.3 Å². The molecule has 222 valence electrons. The summed E-state index contributed by atoms with van der Waals surface area (Å²) in [5.74, 6) is -0.670. The SMILES string of the molecule is COC(=O)CCCCCCNC(=O)Cc1ccc(Nc2ncc(F)c(-c3cc(F)c4nc(C)n(C(C)C)c4c3)n2)cc1. The number of unbranched alkanes of at least 4 members (excludes halogenated alkanes) is 3. The number of aryl methyl sites for hydroxylation is 1. The summed E-state index contributed by atoms with van der Waals surface area (Å²) in [6.45, 7) is 6.34. The lowest BCUT2D eigenvalue weighted by atomic mass is 10.1. The van der Waals surface area contributed by atoms with Crippen LogP contribution in [0.1, 0.15) is 63.4 Å². The first-order valence-electron chi connectivity index (χ1n) is 14.1. The number of amides is 1. The second kappa shape index (κ2) is 14.0. The summed E-state index contributed by atoms with van der Waals surface area (Å²) >= 11 is 0. The van der Waals surface area contributed by atoms with E-state index in [0.29, 0.717) is 30.0 Å². The lowest BCUT2D eigenvalue weighted by molar-refractivity contribution is -0.140. The predicted octanol–water partition coefficient (Wildman–Crippen LogP) is 6.19. The van der Waals surface area contributed by atoms with Gasteiger partial charge in [-0.2, -0.15) is 0 Å². The number of aromatic nitrogens is 4. The van der Waals surface area contributed by atoms with E-state index in [4.69, 9.17) is 0 Å². The summed E-state index contributed by atoms with van der Waals surface area (Å²) in [6.07, 6.45) is 5.17. The fourth-order valence-corrected chi connectivity index (χ4v) is 4.85. The fraction of sp³-hybridized carbons (Fsp3) is 0.387. The number of hydrogen-bond donors (Lipinski definition) is 2. The summed E-state index contributed by atoms with van der Waals surface area (Å²) < 4.78 is 36.3. The van der Waals surface area contributed by atoms with Crippen molar-refractivity contribution in [1.82, 2.24) is 24.8 Å². The largest absolute Gasteiger partial charge is 0.469 e. The number of benzene rings is 2. The van der Waals surface area contributed by atoms with Gasteiger partial charge in [-0.25, -0.2) is 23.7 Å². The minimum absolute atomic E-state index is 0.0285. The lowest BCUT2D eigenvalue weighted by Gasteiger charge is -2.12. The summed E-state index contributed by atoms with van der Waals surface area (Å²) in [5, 5.41) is 5.96. The lowest BCUT2D eigenvalue weighted by Crippen LogP contribution is -2.26. The third kappa shape index (κ3) is 7.65. The van der Waals surface area contributed by atoms with Crippen molar-refractivity contribution in [3.63, 3.8) is 0 Å². The monoisotopic (exact) mass is 578 g/mol. The van der Waals surface area contributed by atoms with Gasteiger partial charge < -0.3 is 19.9 Å². The number of ether oxygens (including phenoxy) is 1. The maximum Gasteiger partial charge on any atom is 0.305 e. The van der Waals surface area contributed by atoms with Crippen LogP contribution in [0.4, 0.5) is 20.4 Å². The smallest absolute Gasteiger partial charge is 0.305 e. The first kappa shape index (κ1) is 30.5. The molecule has 1 amide bonds. The highest BCUT2D eigenvalue weighted by atomic mass is 19.1. The van der Waals surface area contributed by atoms with E-state index in [0.717, 1.165) is 37.4 Å². The molecule has 2 aromatic carbocycles. The number of fused-ring (bicyclic) bond motifs is 1. The molecule has 4 rings (SSSR count). The van der Waals surface area contributed by atoms with Gasteiger partial charge in [0.2, 0.25) is 11.9 Å². The molecule has 0 aliphatic heterocycles. The molecule has 0 spiro atoms. The van der Waals surface area contributed by atoms with Gasteiger partial charge in [-0.15, -0.1) is 0 Å². The molecular weight excluding hydrogens is 542 g/mol. The van der Waals surface area contributed by atoms with Crippen molar-refractivity contribution in [2.24, 2.45) is 0 Å². The van der Waals surface area contributed by atoms with Crippen LogP contribution >= 0.6 is 0 Å². The minimum atomic E-state index is -0.672. The Morgan fingerprint density at radius 1 is 1.00 bits per heavy atom. The van der Waals surface area contributed by atoms with Crippen LogP contribution in [0.5, 0.6) is 0 Å². The molecule has 2 N–H and O–H groups in total. The summed E-state index contributed by atoms with van der Waals surface area (Å²) in [6, 6.07) is 10.2. The summed E-state index contributed by atoms with van der Waals surface area (Å²) in [4.78, 5) is 36.1. The second-order valence-electron chi connectivity index (χ2n) is 10.4. The van der Waals surface area contributed by atoms with Crippen molar-refractivity contribution >= 4 is 34.5 Å². The Hall–Kier alpha value is -4.41. The Kier molecular flexibility index (Phi) is 10.2. The van der Waals surface area contributed by atoms with Gasteiger partial charge >= 0.3 is 5.97 Å². The van der Waals surface area contributed by atoms with Crippen molar-refractivity contribution in [3.05, 3.63) is 65.6 Å². The average Bonchev–Trinajstić information content (AvgIpc) is 3.31. The van der Waals surface area contributed by atoms with Crippen molar-refractivity contribution in [3.8, 4) is 11.3 Å². The Morgan fingerprint density at radius 2 is 1.74 bits per heavy atom. The van der Waals surface area contributed by atoms with Crippen LogP contribution < -0.4 is 10.6 Å². The van der Waals surface area contributed by atoms with E-state index in [1.54, 1.807) is 18.2 Å². The molecule has 0 aliphatic rings. The normalized spacial score (nSPS) is 11.2. The van der Waals surface area contributed by atoms with Gasteiger partial charge in [0.1, 0.15) is 17.0 Å². The molecule has 0 radical (unpaired) electrons. The molecule has 2 aromatic heterocycles. The molecule has 2 heterocycles. The van der Waals surface area contributed by atoms with Crippen molar-refractivity contribution in [1.29, 1.82) is 0 Å². The molecule has 0 aliphatic carbocycles. The van der Waals surface area contributed by atoms with Crippen LogP contribution in [0, 0.1) is 18.6 Å². The number of rotatable bonds is 13. The maximum atomic E-state index is 15.0. The Bertz CT molecular complexity index is 1550. The number of imidazole rings is 1. The fourth-order valence-electron chi connectivity index (χ4n) is 4.85. The first-order chi connectivity index (χ1) is 20.2. The second-order valence-corrected chi connectivity index (χ2v) is 10.4. The quantitative estimate of drug-likeness (QED) is 0.144. The molecule has 0 fully saturated rings. The van der Waals surface area contributed by atoms with Crippen LogP contribution in [-0.2, 0) is 20.7 Å². The number of anilines is 2. The van der Waals surface area contributed by atoms with Crippen molar-refractivity contribution < 1.29 is 23.1 Å². The van der Waals surface area contributed by atoms with E-state index in [9.17, 15) is 18.4 Å². The maximum absolute atomic E-state index is 15.0. The number of halogens is 2. The number of hydrogen-bond acceptors (Lipinski definition) is 7. The van der Waals surface area contributed by atoms with E-state index in [2.05, 4.69) is 30.3 Å². The first-order valence-corrected chi connectivity index (χ1v) is 14.1. The zero-order chi connectivity index (χ0) is 30.2. The predicted molar refractivity (Wildman–Crippen MR) is 157 cm³/mol. The van der Waals surface area contributed by atoms with Crippen LogP contribution in [-0.4, -0.2) is 45.1 Å². The Morgan fingerprint density at radius 3 is 2.45 bits per heavy atom. The molecule has 0 saturated carbocycles. The molecular formula is C31H36F2N6O3. The van der Waals surface area contributed by atoms with Crippen molar-refractivity contribution in [2.75, 3.05) is 19.0 Å². The van der Waals surface area contributed by atoms with E-state index in [1.807, 2.05) is 37.5 Å². The van der Waals surface area contributed by atoms with Crippen LogP contribution in [0.3, 0.4) is 0 Å². The molecule has 4 aromatic rings. The van der Waals surface area contributed by atoms with E-state index in [-0.39, 0.29) is 47.1 Å². The topological polar surface area (TPSA) is 111 Å². The Labute approximate surface area is 243 Å². The van der Waals surface area contributed by atoms with Gasteiger partial charge in [0.05, 0.1) is 25.2 Å². The van der Waals surface area contributed by atoms with Gasteiger partial charge in [0.15, 0.2) is 11.6 Å². The molecule has 11 heteroatoms. The highest BCUT2D eigenvalue weighted by Gasteiger charge is 2.18. The number of methoxy groups -OCH3 is 1. The van der Waals surface area contributed by atoms with Gasteiger partial charge in [0.25, 0.3) is 0 Å². The number of esters is 1. The molecule has 9 nitrogen and oxygen atoms in total. The zero-order valence-corrected chi connectivity index (χ0v) is 24.3. The molecule has 0 unspecified atom stereocenters. The van der Waals surface area contributed by atoms with Crippen LogP contribution in [0.25, 0.3) is 22.3 Å². The highest BCUT2D eigenvalue weighted by Crippen LogP contribution is 2.30. The third-order valence-electron chi connectivity index (χ3n) is 6.89. The van der Waals surface area contributed by atoms with E-state index in [1.165, 1.54) is 13.2 Å². The number of nitrogens with one attached hydrogen (secondary N) is 2. The van der Waals surface area contributed by atoms with Gasteiger partial charge in [-0.3, -0.25) is 9.59 Å².